The van der Waals surface area contributed by atoms with Gasteiger partial charge >= 0.3 is 0 Å². The summed E-state index contributed by atoms with van der Waals surface area (Å²) >= 11 is 0. The van der Waals surface area contributed by atoms with Gasteiger partial charge in [-0.1, -0.05) is 6.42 Å². The van der Waals surface area contributed by atoms with Gasteiger partial charge in [-0.15, -0.1) is 0 Å². The first kappa shape index (κ1) is 19.8. The Labute approximate surface area is 160 Å². The van der Waals surface area contributed by atoms with E-state index in [2.05, 4.69) is 9.80 Å². The van der Waals surface area contributed by atoms with Crippen LogP contribution in [0.1, 0.15) is 48.1 Å². The fourth-order valence-corrected chi connectivity index (χ4v) is 4.48. The van der Waals surface area contributed by atoms with Crippen LogP contribution in [-0.4, -0.2) is 69.3 Å². The molecule has 0 radical (unpaired) electrons. The topological polar surface area (TPSA) is 74.3 Å². The van der Waals surface area contributed by atoms with Crippen molar-refractivity contribution >= 4 is 5.97 Å². The summed E-state index contributed by atoms with van der Waals surface area (Å²) in [4.78, 5) is 16.8. The predicted molar refractivity (Wildman–Crippen MR) is 99.6 cm³/mol. The van der Waals surface area contributed by atoms with Crippen LogP contribution < -0.4 is 19.3 Å². The number of ether oxygens (including phenoxy) is 3. The van der Waals surface area contributed by atoms with Gasteiger partial charge in [-0.2, -0.15) is 0 Å². The summed E-state index contributed by atoms with van der Waals surface area (Å²) in [6.07, 6.45) is 3.72. The van der Waals surface area contributed by atoms with Crippen LogP contribution in [0, 0.1) is 0 Å². The van der Waals surface area contributed by atoms with E-state index in [0.29, 0.717) is 28.9 Å². The third-order valence-corrected chi connectivity index (χ3v) is 5.92. The Morgan fingerprint density at radius 1 is 1.11 bits per heavy atom. The maximum atomic E-state index is 11.9. The third-order valence-electron chi connectivity index (χ3n) is 5.92. The van der Waals surface area contributed by atoms with Gasteiger partial charge in [-0.05, 0) is 32.4 Å². The lowest BCUT2D eigenvalue weighted by molar-refractivity contribution is -0.255. The summed E-state index contributed by atoms with van der Waals surface area (Å²) < 4.78 is 16.4. The number of hydrogen-bond acceptors (Lipinski definition) is 7. The third kappa shape index (κ3) is 3.71. The van der Waals surface area contributed by atoms with Gasteiger partial charge in [0, 0.05) is 42.8 Å². The first-order chi connectivity index (χ1) is 13.0. The number of benzene rings is 1. The molecule has 2 heterocycles. The van der Waals surface area contributed by atoms with E-state index >= 15 is 0 Å². The number of methoxy groups -OCH3 is 3. The molecule has 0 saturated carbocycles. The fourth-order valence-electron chi connectivity index (χ4n) is 4.48. The Bertz CT molecular complexity index is 693. The van der Waals surface area contributed by atoms with E-state index in [0.717, 1.165) is 26.2 Å². The number of fused-ring (bicyclic) bond motifs is 1. The normalized spacial score (nSPS) is 22.0. The number of carbonyl (C=O) groups is 1. The maximum absolute atomic E-state index is 11.9. The molecular formula is C20H29N2O5-. The van der Waals surface area contributed by atoms with Crippen molar-refractivity contribution in [1.82, 2.24) is 9.80 Å². The Morgan fingerprint density at radius 2 is 1.85 bits per heavy atom. The molecule has 150 valence electrons. The van der Waals surface area contributed by atoms with Gasteiger partial charge in [0.15, 0.2) is 11.5 Å². The number of carbonyl (C=O) groups excluding carboxylic acids is 1. The molecule has 2 aliphatic rings. The van der Waals surface area contributed by atoms with Gasteiger partial charge < -0.3 is 24.1 Å². The largest absolute Gasteiger partial charge is 0.545 e. The van der Waals surface area contributed by atoms with Gasteiger partial charge in [0.25, 0.3) is 0 Å². The minimum atomic E-state index is -1.24. The number of aromatic carboxylic acids is 1. The highest BCUT2D eigenvalue weighted by molar-refractivity contribution is 5.90. The quantitative estimate of drug-likeness (QED) is 0.740. The Morgan fingerprint density at radius 3 is 2.48 bits per heavy atom. The van der Waals surface area contributed by atoms with Crippen LogP contribution in [0.5, 0.6) is 17.2 Å². The zero-order valence-corrected chi connectivity index (χ0v) is 16.6. The summed E-state index contributed by atoms with van der Waals surface area (Å²) in [6, 6.07) is 1.86. The molecule has 0 amide bonds. The monoisotopic (exact) mass is 377 g/mol. The van der Waals surface area contributed by atoms with Crippen LogP contribution in [0.3, 0.4) is 0 Å². The first-order valence-electron chi connectivity index (χ1n) is 9.54. The molecule has 2 aliphatic heterocycles. The number of carboxylic acid groups (broad SMARTS) is 1. The van der Waals surface area contributed by atoms with Gasteiger partial charge in [-0.25, -0.2) is 0 Å². The molecule has 7 nitrogen and oxygen atoms in total. The van der Waals surface area contributed by atoms with E-state index in [1.54, 1.807) is 0 Å². The molecular weight excluding hydrogens is 348 g/mol. The Balaban J connectivity index is 1.99. The summed E-state index contributed by atoms with van der Waals surface area (Å²) in [5, 5.41) is 11.9. The zero-order valence-electron chi connectivity index (χ0n) is 16.6. The molecule has 0 aliphatic carbocycles. The molecule has 0 N–H and O–H groups in total. The van der Waals surface area contributed by atoms with E-state index < -0.39 is 5.97 Å². The van der Waals surface area contributed by atoms with Crippen LogP contribution in [0.2, 0.25) is 0 Å². The van der Waals surface area contributed by atoms with Crippen molar-refractivity contribution in [3.63, 3.8) is 0 Å². The van der Waals surface area contributed by atoms with Crippen LogP contribution in [-0.2, 0) is 0 Å². The Hall–Kier alpha value is -1.99. The maximum Gasteiger partial charge on any atom is 0.203 e. The number of carboxylic acids is 1. The van der Waals surface area contributed by atoms with Crippen LogP contribution in [0.4, 0.5) is 0 Å². The summed E-state index contributed by atoms with van der Waals surface area (Å²) in [7, 11) is 4.52. The van der Waals surface area contributed by atoms with Crippen molar-refractivity contribution in [3.05, 3.63) is 17.2 Å². The van der Waals surface area contributed by atoms with Crippen LogP contribution in [0.25, 0.3) is 0 Å². The highest BCUT2D eigenvalue weighted by atomic mass is 16.5. The number of hydrogen-bond donors (Lipinski definition) is 0. The van der Waals surface area contributed by atoms with Crippen molar-refractivity contribution in [3.8, 4) is 17.2 Å². The molecule has 2 atom stereocenters. The first-order valence-corrected chi connectivity index (χ1v) is 9.54. The standard InChI is InChI=1S/C20H30N2O5/c1-13(22-10-9-21-8-6-5-7-14(21)12-22)17-15(20(23)24)11-16(25-2)18(26-3)19(17)27-4/h11,13-14H,5-10,12H2,1-4H3,(H,23,24)/p-1. The molecule has 2 saturated heterocycles. The van der Waals surface area contributed by atoms with E-state index in [1.807, 2.05) is 6.92 Å². The lowest BCUT2D eigenvalue weighted by atomic mass is 9.94. The summed E-state index contributed by atoms with van der Waals surface area (Å²) in [5.41, 5.74) is 0.669. The molecule has 2 unspecified atom stereocenters. The highest BCUT2D eigenvalue weighted by Crippen LogP contribution is 2.46. The van der Waals surface area contributed by atoms with E-state index in [4.69, 9.17) is 14.2 Å². The predicted octanol–water partition coefficient (Wildman–Crippen LogP) is 1.31. The van der Waals surface area contributed by atoms with Crippen molar-refractivity contribution in [2.24, 2.45) is 0 Å². The molecule has 7 heteroatoms. The average Bonchev–Trinajstić information content (AvgIpc) is 2.70. The van der Waals surface area contributed by atoms with Gasteiger partial charge in [-0.3, -0.25) is 9.80 Å². The van der Waals surface area contributed by atoms with Gasteiger partial charge in [0.1, 0.15) is 0 Å². The molecule has 0 spiro atoms. The summed E-state index contributed by atoms with van der Waals surface area (Å²) in [6.45, 7) is 6.00. The molecule has 2 fully saturated rings. The van der Waals surface area contributed by atoms with Crippen molar-refractivity contribution < 1.29 is 24.1 Å². The molecule has 1 aromatic rings. The smallest absolute Gasteiger partial charge is 0.203 e. The molecule has 27 heavy (non-hydrogen) atoms. The fraction of sp³-hybridized carbons (Fsp3) is 0.650. The second-order valence-electron chi connectivity index (χ2n) is 7.25. The molecule has 1 aromatic carbocycles. The zero-order chi connectivity index (χ0) is 19.6. The lowest BCUT2D eigenvalue weighted by Gasteiger charge is -2.46. The van der Waals surface area contributed by atoms with Gasteiger partial charge in [0.2, 0.25) is 5.75 Å². The van der Waals surface area contributed by atoms with Crippen LogP contribution >= 0.6 is 0 Å². The van der Waals surface area contributed by atoms with E-state index in [1.165, 1.54) is 46.7 Å². The van der Waals surface area contributed by atoms with Crippen molar-refractivity contribution in [1.29, 1.82) is 0 Å². The van der Waals surface area contributed by atoms with Crippen molar-refractivity contribution in [2.75, 3.05) is 47.5 Å². The number of rotatable bonds is 6. The number of piperidine rings is 1. The molecule has 0 bridgehead atoms. The minimum Gasteiger partial charge on any atom is -0.545 e. The number of piperazine rings is 1. The second kappa shape index (κ2) is 8.35. The highest BCUT2D eigenvalue weighted by Gasteiger charge is 2.34. The minimum absolute atomic E-state index is 0.0862. The van der Waals surface area contributed by atoms with E-state index in [-0.39, 0.29) is 11.6 Å². The second-order valence-corrected chi connectivity index (χ2v) is 7.25. The lowest BCUT2D eigenvalue weighted by Crippen LogP contribution is -2.55. The average molecular weight is 377 g/mol. The van der Waals surface area contributed by atoms with E-state index in [9.17, 15) is 9.90 Å². The van der Waals surface area contributed by atoms with Crippen LogP contribution in [0.15, 0.2) is 6.07 Å². The molecule has 3 rings (SSSR count). The summed E-state index contributed by atoms with van der Waals surface area (Å²) in [5.74, 6) is -0.119. The number of nitrogens with zero attached hydrogens (tertiary/aromatic N) is 2. The van der Waals surface area contributed by atoms with Gasteiger partial charge in [0.05, 0.1) is 27.3 Å². The Kier molecular flexibility index (Phi) is 6.11. The SMILES string of the molecule is COc1cc(C(=O)[O-])c(C(C)N2CCN3CCCCC3C2)c(OC)c1OC. The molecule has 0 aromatic heterocycles. The van der Waals surface area contributed by atoms with Crippen molar-refractivity contribution in [2.45, 2.75) is 38.3 Å².